The highest BCUT2D eigenvalue weighted by Crippen LogP contribution is 2.19. The molecule has 204 valence electrons. The second-order valence-corrected chi connectivity index (χ2v) is 9.11. The zero-order chi connectivity index (χ0) is 27.1. The summed E-state index contributed by atoms with van der Waals surface area (Å²) in [5.41, 5.74) is 1.38. The van der Waals surface area contributed by atoms with Crippen LogP contribution in [0.2, 0.25) is 0 Å². The van der Waals surface area contributed by atoms with Crippen molar-refractivity contribution in [3.63, 3.8) is 0 Å². The van der Waals surface area contributed by atoms with E-state index >= 15 is 0 Å². The van der Waals surface area contributed by atoms with Gasteiger partial charge in [0.2, 0.25) is 0 Å². The van der Waals surface area contributed by atoms with Crippen molar-refractivity contribution in [2.75, 3.05) is 52.7 Å². The number of hydrogen-bond acceptors (Lipinski definition) is 5. The molecule has 0 spiro atoms. The first-order valence-corrected chi connectivity index (χ1v) is 13.5. The third-order valence-corrected chi connectivity index (χ3v) is 6.31. The van der Waals surface area contributed by atoms with Crippen molar-refractivity contribution < 1.29 is 23.8 Å². The molecular weight excluding hydrogens is 492 g/mol. The molecule has 0 fully saturated rings. The quantitative estimate of drug-likeness (QED) is 0.200. The summed E-state index contributed by atoms with van der Waals surface area (Å²) in [6.07, 6.45) is 1.47. The van der Waals surface area contributed by atoms with Gasteiger partial charge >= 0.3 is 0 Å². The van der Waals surface area contributed by atoms with Crippen LogP contribution in [0.25, 0.3) is 21.5 Å². The van der Waals surface area contributed by atoms with Gasteiger partial charge in [-0.1, -0.05) is 72.8 Å². The molecule has 0 radical (unpaired) electrons. The van der Waals surface area contributed by atoms with Crippen molar-refractivity contribution >= 4 is 33.4 Å². The molecule has 4 aromatic carbocycles. The lowest BCUT2D eigenvalue weighted by Crippen LogP contribution is -2.25. The number of hydrogen-bond donors (Lipinski definition) is 2. The van der Waals surface area contributed by atoms with Crippen LogP contribution in [0.4, 0.5) is 0 Å². The van der Waals surface area contributed by atoms with Crippen LogP contribution in [0.1, 0.15) is 33.6 Å². The first kappa shape index (κ1) is 28.2. The second-order valence-electron chi connectivity index (χ2n) is 9.11. The maximum Gasteiger partial charge on any atom is 0.251 e. The molecule has 0 saturated heterocycles. The SMILES string of the molecule is O=C(NCCCOCCOCCOCCCNC(=O)c1cccc2ccccc12)c1cccc2ccccc12. The molecule has 2 amide bonds. The Morgan fingerprint density at radius 2 is 0.872 bits per heavy atom. The maximum atomic E-state index is 12.5. The van der Waals surface area contributed by atoms with Crippen molar-refractivity contribution in [2.45, 2.75) is 12.8 Å². The average molecular weight is 529 g/mol. The zero-order valence-electron chi connectivity index (χ0n) is 22.2. The highest BCUT2D eigenvalue weighted by atomic mass is 16.5. The largest absolute Gasteiger partial charge is 0.379 e. The number of carbonyl (C=O) groups excluding carboxylic acids is 2. The van der Waals surface area contributed by atoms with Crippen molar-refractivity contribution in [1.82, 2.24) is 10.6 Å². The van der Waals surface area contributed by atoms with Crippen molar-refractivity contribution in [2.24, 2.45) is 0 Å². The fourth-order valence-electron chi connectivity index (χ4n) is 4.33. The third kappa shape index (κ3) is 8.61. The molecule has 4 aromatic rings. The number of nitrogens with one attached hydrogen (secondary N) is 2. The van der Waals surface area contributed by atoms with E-state index < -0.39 is 0 Å². The summed E-state index contributed by atoms with van der Waals surface area (Å²) in [7, 11) is 0. The summed E-state index contributed by atoms with van der Waals surface area (Å²) in [6, 6.07) is 27.3. The standard InChI is InChI=1S/C32H36N2O5/c35-31(29-15-5-11-25-9-1-3-13-27(25)29)33-17-7-19-37-21-23-39-24-22-38-20-8-18-34-32(36)30-16-6-12-26-10-2-4-14-28(26)30/h1-6,9-16H,7-8,17-24H2,(H,33,35)(H,34,36). The molecule has 0 aliphatic carbocycles. The number of fused-ring (bicyclic) bond motifs is 2. The lowest BCUT2D eigenvalue weighted by Gasteiger charge is -2.09. The Kier molecular flexibility index (Phi) is 11.3. The Morgan fingerprint density at radius 1 is 0.487 bits per heavy atom. The maximum absolute atomic E-state index is 12.5. The van der Waals surface area contributed by atoms with Crippen LogP contribution >= 0.6 is 0 Å². The molecule has 0 aliphatic rings. The summed E-state index contributed by atoms with van der Waals surface area (Å²) >= 11 is 0. The van der Waals surface area contributed by atoms with E-state index in [1.54, 1.807) is 0 Å². The van der Waals surface area contributed by atoms with E-state index in [4.69, 9.17) is 14.2 Å². The fourth-order valence-corrected chi connectivity index (χ4v) is 4.33. The van der Waals surface area contributed by atoms with Crippen LogP contribution in [-0.2, 0) is 14.2 Å². The normalized spacial score (nSPS) is 11.1. The van der Waals surface area contributed by atoms with Gasteiger partial charge < -0.3 is 24.8 Å². The Hall–Kier alpha value is -3.78. The highest BCUT2D eigenvalue weighted by Gasteiger charge is 2.09. The van der Waals surface area contributed by atoms with Crippen molar-refractivity contribution in [3.05, 3.63) is 96.1 Å². The van der Waals surface area contributed by atoms with Gasteiger partial charge in [-0.2, -0.15) is 0 Å². The molecule has 4 rings (SSSR count). The number of carbonyl (C=O) groups is 2. The first-order valence-electron chi connectivity index (χ1n) is 13.5. The minimum atomic E-state index is -0.0673. The third-order valence-electron chi connectivity index (χ3n) is 6.31. The van der Waals surface area contributed by atoms with E-state index in [0.717, 1.165) is 34.4 Å². The number of benzene rings is 4. The summed E-state index contributed by atoms with van der Waals surface area (Å²) in [6.45, 7) is 4.20. The van der Waals surface area contributed by atoms with Crippen LogP contribution < -0.4 is 10.6 Å². The molecule has 0 aromatic heterocycles. The van der Waals surface area contributed by atoms with Crippen molar-refractivity contribution in [3.8, 4) is 0 Å². The molecule has 0 atom stereocenters. The highest BCUT2D eigenvalue weighted by molar-refractivity contribution is 6.07. The number of amides is 2. The van der Waals surface area contributed by atoms with E-state index in [0.29, 0.717) is 63.9 Å². The molecule has 7 nitrogen and oxygen atoms in total. The molecule has 0 heterocycles. The second kappa shape index (κ2) is 15.6. The molecule has 0 unspecified atom stereocenters. The molecule has 7 heteroatoms. The van der Waals surface area contributed by atoms with Gasteiger partial charge in [0.15, 0.2) is 0 Å². The minimum absolute atomic E-state index is 0.0673. The van der Waals surface area contributed by atoms with Gasteiger partial charge in [-0.15, -0.1) is 0 Å². The molecule has 39 heavy (non-hydrogen) atoms. The van der Waals surface area contributed by atoms with E-state index in [9.17, 15) is 9.59 Å². The van der Waals surface area contributed by atoms with Gasteiger partial charge in [-0.05, 0) is 46.5 Å². The van der Waals surface area contributed by atoms with Crippen LogP contribution in [0, 0.1) is 0 Å². The molecule has 0 bridgehead atoms. The molecule has 0 saturated carbocycles. The summed E-state index contributed by atoms with van der Waals surface area (Å²) in [5.74, 6) is -0.135. The lowest BCUT2D eigenvalue weighted by atomic mass is 10.0. The predicted octanol–water partition coefficient (Wildman–Crippen LogP) is 4.98. The van der Waals surface area contributed by atoms with Crippen LogP contribution in [0.3, 0.4) is 0 Å². The number of rotatable bonds is 16. The molecule has 2 N–H and O–H groups in total. The summed E-state index contributed by atoms with van der Waals surface area (Å²) in [5, 5.41) is 9.95. The number of ether oxygens (including phenoxy) is 3. The van der Waals surface area contributed by atoms with Gasteiger partial charge in [-0.25, -0.2) is 0 Å². The van der Waals surface area contributed by atoms with Gasteiger partial charge in [-0.3, -0.25) is 9.59 Å². The van der Waals surface area contributed by atoms with Crippen LogP contribution in [0.15, 0.2) is 84.9 Å². The van der Waals surface area contributed by atoms with E-state index in [2.05, 4.69) is 10.6 Å². The smallest absolute Gasteiger partial charge is 0.251 e. The Morgan fingerprint density at radius 3 is 1.33 bits per heavy atom. The van der Waals surface area contributed by atoms with Crippen LogP contribution in [-0.4, -0.2) is 64.5 Å². The first-order chi connectivity index (χ1) is 19.2. The zero-order valence-corrected chi connectivity index (χ0v) is 22.2. The monoisotopic (exact) mass is 528 g/mol. The Labute approximate surface area is 229 Å². The Bertz CT molecular complexity index is 1240. The minimum Gasteiger partial charge on any atom is -0.379 e. The van der Waals surface area contributed by atoms with Crippen LogP contribution in [0.5, 0.6) is 0 Å². The molecular formula is C32H36N2O5. The van der Waals surface area contributed by atoms with E-state index in [1.807, 2.05) is 84.9 Å². The summed E-state index contributed by atoms with van der Waals surface area (Å²) in [4.78, 5) is 25.0. The molecule has 0 aliphatic heterocycles. The van der Waals surface area contributed by atoms with E-state index in [1.165, 1.54) is 0 Å². The fraction of sp³-hybridized carbons (Fsp3) is 0.312. The topological polar surface area (TPSA) is 85.9 Å². The van der Waals surface area contributed by atoms with Gasteiger partial charge in [0.25, 0.3) is 11.8 Å². The van der Waals surface area contributed by atoms with Gasteiger partial charge in [0, 0.05) is 37.4 Å². The lowest BCUT2D eigenvalue weighted by molar-refractivity contribution is 0.0139. The van der Waals surface area contributed by atoms with Crippen molar-refractivity contribution in [1.29, 1.82) is 0 Å². The van der Waals surface area contributed by atoms with E-state index in [-0.39, 0.29) is 11.8 Å². The van der Waals surface area contributed by atoms with Gasteiger partial charge in [0.05, 0.1) is 26.4 Å². The predicted molar refractivity (Wildman–Crippen MR) is 154 cm³/mol. The average Bonchev–Trinajstić information content (AvgIpc) is 2.98. The van der Waals surface area contributed by atoms with Gasteiger partial charge in [0.1, 0.15) is 0 Å². The Balaban J connectivity index is 0.956. The summed E-state index contributed by atoms with van der Waals surface area (Å²) < 4.78 is 16.7.